The maximum absolute atomic E-state index is 10.5. The van der Waals surface area contributed by atoms with Crippen LogP contribution in [0, 0.1) is 6.08 Å². The summed E-state index contributed by atoms with van der Waals surface area (Å²) in [6.45, 7) is 1.85. The summed E-state index contributed by atoms with van der Waals surface area (Å²) in [5.41, 5.74) is 0.595. The van der Waals surface area contributed by atoms with Crippen molar-refractivity contribution < 1.29 is 71.2 Å². The van der Waals surface area contributed by atoms with Crippen molar-refractivity contribution in [3.63, 3.8) is 0 Å². The smallest absolute Gasteiger partial charge is 0.467 e. The minimum Gasteiger partial charge on any atom is -0.467 e. The Morgan fingerprint density at radius 3 is 2.50 bits per heavy atom. The Kier molecular flexibility index (Phi) is 5.60. The first-order chi connectivity index (χ1) is 5.04. The van der Waals surface area contributed by atoms with Gasteiger partial charge in [-0.1, -0.05) is 6.92 Å². The van der Waals surface area contributed by atoms with Gasteiger partial charge in [0.15, 0.2) is 0 Å². The third-order valence-electron chi connectivity index (χ3n) is 1.34. The molecule has 1 rings (SSSR count). The van der Waals surface area contributed by atoms with Crippen LogP contribution in [0.3, 0.4) is 0 Å². The summed E-state index contributed by atoms with van der Waals surface area (Å²) in [5.74, 6) is 0. The van der Waals surface area contributed by atoms with Crippen molar-refractivity contribution in [1.29, 1.82) is 0 Å². The minimum atomic E-state index is -4.08. The van der Waals surface area contributed by atoms with E-state index >= 15 is 0 Å². The molecule has 12 heavy (non-hydrogen) atoms. The number of hydrogen-bond donors (Lipinski definition) is 1. The van der Waals surface area contributed by atoms with E-state index in [0.29, 0.717) is 12.1 Å². The van der Waals surface area contributed by atoms with E-state index in [1.54, 1.807) is 0 Å². The predicted molar refractivity (Wildman–Crippen MR) is 40.6 cm³/mol. The summed E-state index contributed by atoms with van der Waals surface area (Å²) >= 11 is 0. The standard InChI is InChI=1S/C6H8NO3S.Rb/c1-2-5-3-4-6(7-5)11(8,9)10;/h2,4H2,1H3,(H,8,9,10);/q-1;+1. The van der Waals surface area contributed by atoms with Crippen LogP contribution in [0.25, 0.3) is 0 Å². The van der Waals surface area contributed by atoms with E-state index in [2.05, 4.69) is 11.1 Å². The molecule has 0 aromatic carbocycles. The molecule has 0 spiro atoms. The van der Waals surface area contributed by atoms with Crippen LogP contribution in [0.15, 0.2) is 10.7 Å². The molecule has 1 heterocycles. The zero-order valence-corrected chi connectivity index (χ0v) is 12.8. The topological polar surface area (TPSA) is 66.7 Å². The van der Waals surface area contributed by atoms with Crippen LogP contribution in [0.1, 0.15) is 19.8 Å². The zero-order chi connectivity index (χ0) is 8.48. The molecule has 1 aliphatic rings. The first kappa shape index (κ1) is 13.1. The van der Waals surface area contributed by atoms with E-state index in [-0.39, 0.29) is 69.7 Å². The zero-order valence-electron chi connectivity index (χ0n) is 7.03. The van der Waals surface area contributed by atoms with Gasteiger partial charge in [0.25, 0.3) is 0 Å². The normalized spacial score (nSPS) is 16.5. The van der Waals surface area contributed by atoms with Gasteiger partial charge in [-0.05, 0) is 6.42 Å². The Hall–Kier alpha value is 1.13. The first-order valence-corrected chi connectivity index (χ1v) is 4.63. The van der Waals surface area contributed by atoms with Gasteiger partial charge in [-0.3, -0.25) is 9.55 Å². The number of hydrogen-bond acceptors (Lipinski definition) is 3. The van der Waals surface area contributed by atoms with Crippen molar-refractivity contribution in [2.75, 3.05) is 0 Å². The molecule has 1 aliphatic heterocycles. The molecule has 0 amide bonds. The van der Waals surface area contributed by atoms with Crippen LogP contribution < -0.4 is 58.2 Å². The quantitative estimate of drug-likeness (QED) is 0.428. The van der Waals surface area contributed by atoms with E-state index in [9.17, 15) is 8.42 Å². The van der Waals surface area contributed by atoms with Gasteiger partial charge in [0.05, 0.1) is 0 Å². The van der Waals surface area contributed by atoms with Crippen LogP contribution in [0.5, 0.6) is 0 Å². The van der Waals surface area contributed by atoms with Gasteiger partial charge in [-0.25, -0.2) is 0 Å². The monoisotopic (exact) mass is 259 g/mol. The molecule has 0 atom stereocenters. The third-order valence-corrected chi connectivity index (χ3v) is 2.17. The SMILES string of the molecule is CCC1=[C-]CC(S(=O)(=O)O)=N1.[Rb+]. The molecule has 62 valence electrons. The fourth-order valence-electron chi connectivity index (χ4n) is 0.760. The first-order valence-electron chi connectivity index (χ1n) is 3.19. The van der Waals surface area contributed by atoms with Crippen LogP contribution in [-0.4, -0.2) is 18.0 Å². The Morgan fingerprint density at radius 1 is 1.67 bits per heavy atom. The molecule has 0 fully saturated rings. The van der Waals surface area contributed by atoms with Gasteiger partial charge < -0.3 is 6.08 Å². The predicted octanol–water partition coefficient (Wildman–Crippen LogP) is -2.22. The molecular weight excluding hydrogens is 252 g/mol. The van der Waals surface area contributed by atoms with Crippen LogP contribution in [0.4, 0.5) is 0 Å². The molecule has 0 saturated carbocycles. The van der Waals surface area contributed by atoms with Crippen LogP contribution in [0.2, 0.25) is 0 Å². The average Bonchev–Trinajstić information content (AvgIpc) is 2.32. The summed E-state index contributed by atoms with van der Waals surface area (Å²) in [7, 11) is -4.08. The molecule has 6 heteroatoms. The van der Waals surface area contributed by atoms with Gasteiger partial charge in [-0.2, -0.15) is 8.42 Å². The van der Waals surface area contributed by atoms with E-state index in [4.69, 9.17) is 4.55 Å². The maximum Gasteiger partial charge on any atom is 1.00 e. The van der Waals surface area contributed by atoms with Crippen molar-refractivity contribution in [2.24, 2.45) is 4.99 Å². The van der Waals surface area contributed by atoms with E-state index in [1.165, 1.54) is 0 Å². The average molecular weight is 260 g/mol. The summed E-state index contributed by atoms with van der Waals surface area (Å²) in [6.07, 6.45) is 3.47. The Labute approximate surface area is 121 Å². The number of nitrogens with zero attached hydrogens (tertiary/aromatic N) is 1. The summed E-state index contributed by atoms with van der Waals surface area (Å²) in [4.78, 5) is 3.66. The van der Waals surface area contributed by atoms with Gasteiger partial charge in [-0.15, -0.1) is 12.1 Å². The Balaban J connectivity index is 0.00000121. The number of rotatable bonds is 1. The number of aliphatic imine (C=N–C) groups is 1. The second-order valence-electron chi connectivity index (χ2n) is 2.13. The molecular formula is C6H8NO3RbS. The molecule has 0 aromatic rings. The van der Waals surface area contributed by atoms with Gasteiger partial charge in [0.1, 0.15) is 5.04 Å². The largest absolute Gasteiger partial charge is 1.00 e. The van der Waals surface area contributed by atoms with Crippen molar-refractivity contribution >= 4 is 15.2 Å². The van der Waals surface area contributed by atoms with Crippen LogP contribution in [-0.2, 0) is 10.1 Å². The van der Waals surface area contributed by atoms with Crippen molar-refractivity contribution in [1.82, 2.24) is 0 Å². The molecule has 0 saturated heterocycles. The van der Waals surface area contributed by atoms with Crippen molar-refractivity contribution in [3.8, 4) is 0 Å². The Bertz CT molecular complexity index is 318. The van der Waals surface area contributed by atoms with Crippen LogP contribution >= 0.6 is 0 Å². The molecule has 0 aliphatic carbocycles. The Morgan fingerprint density at radius 2 is 2.25 bits per heavy atom. The molecule has 0 unspecified atom stereocenters. The molecule has 0 radical (unpaired) electrons. The van der Waals surface area contributed by atoms with E-state index < -0.39 is 10.1 Å². The number of allylic oxidation sites excluding steroid dienone is 2. The summed E-state index contributed by atoms with van der Waals surface area (Å²) in [5, 5.41) is -0.200. The fourth-order valence-corrected chi connectivity index (χ4v) is 1.24. The maximum atomic E-state index is 10.5. The van der Waals surface area contributed by atoms with Gasteiger partial charge in [0.2, 0.25) is 0 Å². The second-order valence-corrected chi connectivity index (χ2v) is 3.56. The van der Waals surface area contributed by atoms with Gasteiger partial charge >= 0.3 is 68.3 Å². The molecule has 0 aromatic heterocycles. The molecule has 4 nitrogen and oxygen atoms in total. The summed E-state index contributed by atoms with van der Waals surface area (Å²) in [6, 6.07) is 0. The van der Waals surface area contributed by atoms with Crippen molar-refractivity contribution in [3.05, 3.63) is 11.8 Å². The van der Waals surface area contributed by atoms with E-state index in [0.717, 1.165) is 0 Å². The van der Waals surface area contributed by atoms with Gasteiger partial charge in [0, 0.05) is 0 Å². The third kappa shape index (κ3) is 3.47. The minimum absolute atomic E-state index is 0. The molecule has 1 N–H and O–H groups in total. The fraction of sp³-hybridized carbons (Fsp3) is 0.500. The second kappa shape index (κ2) is 5.12. The molecule has 0 bridgehead atoms. The summed E-state index contributed by atoms with van der Waals surface area (Å²) < 4.78 is 29.5. The van der Waals surface area contributed by atoms with Crippen molar-refractivity contribution in [2.45, 2.75) is 19.8 Å². The van der Waals surface area contributed by atoms with E-state index in [1.807, 2.05) is 6.92 Å².